The van der Waals surface area contributed by atoms with E-state index in [9.17, 15) is 5.11 Å². The molecule has 2 rings (SSSR count). The number of aliphatic hydroxyl groups is 1. The summed E-state index contributed by atoms with van der Waals surface area (Å²) < 4.78 is 0. The molecule has 0 spiro atoms. The second-order valence-electron chi connectivity index (χ2n) is 4.86. The van der Waals surface area contributed by atoms with Crippen LogP contribution < -0.4 is 5.73 Å². The van der Waals surface area contributed by atoms with Gasteiger partial charge < -0.3 is 10.8 Å². The molecule has 1 heterocycles. The van der Waals surface area contributed by atoms with Crippen LogP contribution >= 0.6 is 0 Å². The van der Waals surface area contributed by atoms with E-state index in [1.54, 1.807) is 12.4 Å². The summed E-state index contributed by atoms with van der Waals surface area (Å²) >= 11 is 0. The number of aromatic nitrogens is 1. The van der Waals surface area contributed by atoms with Gasteiger partial charge in [0.15, 0.2) is 0 Å². The van der Waals surface area contributed by atoms with E-state index in [-0.39, 0.29) is 5.92 Å². The van der Waals surface area contributed by atoms with Crippen LogP contribution in [0.2, 0.25) is 0 Å². The summed E-state index contributed by atoms with van der Waals surface area (Å²) in [4.78, 5) is 4.00. The van der Waals surface area contributed by atoms with Gasteiger partial charge in [0.1, 0.15) is 0 Å². The molecule has 19 heavy (non-hydrogen) atoms. The first-order valence-corrected chi connectivity index (χ1v) is 6.49. The van der Waals surface area contributed by atoms with Crippen molar-refractivity contribution in [1.82, 2.24) is 4.98 Å². The maximum absolute atomic E-state index is 10.6. The first kappa shape index (κ1) is 13.7. The Morgan fingerprint density at radius 2 is 1.84 bits per heavy atom. The standard InChI is InChI=1S/C16H20N2O/c1-11-4-3-5-14(12(11)2)16(19)15(10-17)13-6-8-18-9-7-13/h3-9,15-16,19H,10,17H2,1-2H3. The van der Waals surface area contributed by atoms with Gasteiger partial charge in [0.25, 0.3) is 0 Å². The maximum Gasteiger partial charge on any atom is 0.0873 e. The molecule has 0 bridgehead atoms. The van der Waals surface area contributed by atoms with Crippen LogP contribution in [0.4, 0.5) is 0 Å². The summed E-state index contributed by atoms with van der Waals surface area (Å²) in [6, 6.07) is 9.81. The second-order valence-corrected chi connectivity index (χ2v) is 4.86. The van der Waals surface area contributed by atoms with Crippen molar-refractivity contribution in [3.8, 4) is 0 Å². The molecule has 0 saturated heterocycles. The molecule has 100 valence electrons. The SMILES string of the molecule is Cc1cccc(C(O)C(CN)c2ccncc2)c1C. The van der Waals surface area contributed by atoms with E-state index in [1.807, 2.05) is 31.2 Å². The largest absolute Gasteiger partial charge is 0.388 e. The molecule has 0 aliphatic rings. The Morgan fingerprint density at radius 1 is 1.16 bits per heavy atom. The quantitative estimate of drug-likeness (QED) is 0.883. The molecule has 0 saturated carbocycles. The molecule has 0 fully saturated rings. The van der Waals surface area contributed by atoms with Crippen molar-refractivity contribution in [3.63, 3.8) is 0 Å². The lowest BCUT2D eigenvalue weighted by atomic mass is 9.87. The number of nitrogens with two attached hydrogens (primary N) is 1. The van der Waals surface area contributed by atoms with Gasteiger partial charge in [-0.3, -0.25) is 4.98 Å². The van der Waals surface area contributed by atoms with Crippen LogP contribution in [0.15, 0.2) is 42.7 Å². The van der Waals surface area contributed by atoms with Gasteiger partial charge in [0.05, 0.1) is 6.10 Å². The molecule has 0 aliphatic carbocycles. The van der Waals surface area contributed by atoms with Crippen molar-refractivity contribution in [2.24, 2.45) is 5.73 Å². The fourth-order valence-electron chi connectivity index (χ4n) is 2.37. The lowest BCUT2D eigenvalue weighted by molar-refractivity contribution is 0.146. The summed E-state index contributed by atoms with van der Waals surface area (Å²) in [7, 11) is 0. The zero-order valence-electron chi connectivity index (χ0n) is 11.4. The van der Waals surface area contributed by atoms with Crippen LogP contribution in [-0.4, -0.2) is 16.6 Å². The van der Waals surface area contributed by atoms with Gasteiger partial charge in [-0.2, -0.15) is 0 Å². The molecule has 2 unspecified atom stereocenters. The molecule has 0 aliphatic heterocycles. The van der Waals surface area contributed by atoms with Crippen molar-refractivity contribution in [3.05, 3.63) is 65.0 Å². The van der Waals surface area contributed by atoms with E-state index in [0.29, 0.717) is 6.54 Å². The minimum atomic E-state index is -0.590. The molecule has 2 aromatic rings. The Kier molecular flexibility index (Phi) is 4.30. The minimum absolute atomic E-state index is 0.108. The highest BCUT2D eigenvalue weighted by atomic mass is 16.3. The van der Waals surface area contributed by atoms with Crippen molar-refractivity contribution in [2.45, 2.75) is 25.9 Å². The van der Waals surface area contributed by atoms with Gasteiger partial charge in [-0.05, 0) is 48.2 Å². The zero-order valence-corrected chi connectivity index (χ0v) is 11.4. The van der Waals surface area contributed by atoms with Crippen molar-refractivity contribution in [1.29, 1.82) is 0 Å². The first-order chi connectivity index (χ1) is 9.15. The van der Waals surface area contributed by atoms with E-state index < -0.39 is 6.10 Å². The highest BCUT2D eigenvalue weighted by Crippen LogP contribution is 2.32. The predicted molar refractivity (Wildman–Crippen MR) is 76.9 cm³/mol. The van der Waals surface area contributed by atoms with Crippen molar-refractivity contribution >= 4 is 0 Å². The van der Waals surface area contributed by atoms with E-state index in [2.05, 4.69) is 18.0 Å². The minimum Gasteiger partial charge on any atom is -0.388 e. The van der Waals surface area contributed by atoms with E-state index in [0.717, 1.165) is 16.7 Å². The number of aryl methyl sites for hydroxylation is 1. The van der Waals surface area contributed by atoms with Crippen LogP contribution in [0, 0.1) is 13.8 Å². The number of pyridine rings is 1. The van der Waals surface area contributed by atoms with Crippen LogP contribution in [-0.2, 0) is 0 Å². The number of hydrogen-bond acceptors (Lipinski definition) is 3. The smallest absolute Gasteiger partial charge is 0.0873 e. The number of aliphatic hydroxyl groups excluding tert-OH is 1. The summed E-state index contributed by atoms with van der Waals surface area (Å²) in [6.45, 7) is 4.49. The summed E-state index contributed by atoms with van der Waals surface area (Å²) in [5.41, 5.74) is 10.1. The van der Waals surface area contributed by atoms with Crippen LogP contribution in [0.5, 0.6) is 0 Å². The molecule has 3 N–H and O–H groups in total. The fraction of sp³-hybridized carbons (Fsp3) is 0.312. The van der Waals surface area contributed by atoms with E-state index in [4.69, 9.17) is 5.73 Å². The summed E-state index contributed by atoms with van der Waals surface area (Å²) in [5, 5.41) is 10.6. The maximum atomic E-state index is 10.6. The van der Waals surface area contributed by atoms with Gasteiger partial charge in [0, 0.05) is 24.9 Å². The zero-order chi connectivity index (χ0) is 13.8. The highest BCUT2D eigenvalue weighted by molar-refractivity contribution is 5.36. The Balaban J connectivity index is 2.36. The molecule has 3 heteroatoms. The van der Waals surface area contributed by atoms with Crippen molar-refractivity contribution < 1.29 is 5.11 Å². The number of rotatable bonds is 4. The van der Waals surface area contributed by atoms with E-state index >= 15 is 0 Å². The monoisotopic (exact) mass is 256 g/mol. The van der Waals surface area contributed by atoms with Crippen LogP contribution in [0.3, 0.4) is 0 Å². The second kappa shape index (κ2) is 5.95. The first-order valence-electron chi connectivity index (χ1n) is 6.49. The van der Waals surface area contributed by atoms with E-state index in [1.165, 1.54) is 5.56 Å². The lowest BCUT2D eigenvalue weighted by Gasteiger charge is -2.24. The topological polar surface area (TPSA) is 59.1 Å². The number of nitrogens with zero attached hydrogens (tertiary/aromatic N) is 1. The Labute approximate surface area is 114 Å². The average Bonchev–Trinajstić information content (AvgIpc) is 2.44. The lowest BCUT2D eigenvalue weighted by Crippen LogP contribution is -2.21. The van der Waals surface area contributed by atoms with Gasteiger partial charge in [0.2, 0.25) is 0 Å². The third kappa shape index (κ3) is 2.83. The van der Waals surface area contributed by atoms with Crippen LogP contribution in [0.1, 0.15) is 34.3 Å². The normalized spacial score (nSPS) is 14.1. The molecular formula is C16H20N2O. The molecule has 0 amide bonds. The fourth-order valence-corrected chi connectivity index (χ4v) is 2.37. The number of benzene rings is 1. The van der Waals surface area contributed by atoms with Gasteiger partial charge >= 0.3 is 0 Å². The van der Waals surface area contributed by atoms with Gasteiger partial charge in [-0.1, -0.05) is 18.2 Å². The van der Waals surface area contributed by atoms with Crippen LogP contribution in [0.25, 0.3) is 0 Å². The Hall–Kier alpha value is -1.71. The molecule has 2 atom stereocenters. The third-order valence-electron chi connectivity index (χ3n) is 3.73. The molecule has 3 nitrogen and oxygen atoms in total. The third-order valence-corrected chi connectivity index (χ3v) is 3.73. The van der Waals surface area contributed by atoms with Gasteiger partial charge in [-0.25, -0.2) is 0 Å². The average molecular weight is 256 g/mol. The summed E-state index contributed by atoms with van der Waals surface area (Å²) in [6.07, 6.45) is 2.87. The predicted octanol–water partition coefficient (Wildman–Crippen LogP) is 2.47. The molecule has 0 radical (unpaired) electrons. The molecule has 1 aromatic heterocycles. The molecule has 1 aromatic carbocycles. The summed E-state index contributed by atoms with van der Waals surface area (Å²) in [5.74, 6) is -0.108. The molecular weight excluding hydrogens is 236 g/mol. The van der Waals surface area contributed by atoms with Gasteiger partial charge in [-0.15, -0.1) is 0 Å². The van der Waals surface area contributed by atoms with Crippen molar-refractivity contribution in [2.75, 3.05) is 6.54 Å². The number of hydrogen-bond donors (Lipinski definition) is 2. The Morgan fingerprint density at radius 3 is 2.47 bits per heavy atom. The highest BCUT2D eigenvalue weighted by Gasteiger charge is 2.23. The Bertz CT molecular complexity index is 540.